The van der Waals surface area contributed by atoms with Crippen LogP contribution in [0.1, 0.15) is 18.7 Å². The van der Waals surface area contributed by atoms with Crippen molar-refractivity contribution >= 4 is 5.95 Å². The van der Waals surface area contributed by atoms with Crippen molar-refractivity contribution < 1.29 is 4.42 Å². The predicted octanol–water partition coefficient (Wildman–Crippen LogP) is 0.976. The number of aryl methyl sites for hydroxylation is 1. The smallest absolute Gasteiger partial charge is 0.243 e. The average Bonchev–Trinajstić information content (AvgIpc) is 2.77. The minimum Gasteiger partial charge on any atom is -0.467 e. The molecule has 2 rings (SSSR count). The van der Waals surface area contributed by atoms with E-state index < -0.39 is 0 Å². The normalized spacial score (nSPS) is 12.7. The van der Waals surface area contributed by atoms with E-state index in [-0.39, 0.29) is 6.04 Å². The Hall–Kier alpha value is -1.85. The van der Waals surface area contributed by atoms with Crippen molar-refractivity contribution in [1.29, 1.82) is 0 Å². The van der Waals surface area contributed by atoms with Gasteiger partial charge in [-0.25, -0.2) is 4.68 Å². The van der Waals surface area contributed by atoms with Gasteiger partial charge in [-0.05, 0) is 29.5 Å². The van der Waals surface area contributed by atoms with E-state index in [9.17, 15) is 0 Å². The summed E-state index contributed by atoms with van der Waals surface area (Å²) in [5.74, 6) is 1.47. The van der Waals surface area contributed by atoms with E-state index in [1.807, 2.05) is 19.1 Å². The third kappa shape index (κ3) is 1.59. The molecule has 14 heavy (non-hydrogen) atoms. The summed E-state index contributed by atoms with van der Waals surface area (Å²) in [5, 5.41) is 14.2. The molecule has 0 aliphatic carbocycles. The molecule has 1 unspecified atom stereocenters. The fraction of sp³-hybridized carbons (Fsp3) is 0.375. The van der Waals surface area contributed by atoms with Gasteiger partial charge in [-0.15, -0.1) is 0 Å². The number of nitrogens with zero attached hydrogens (tertiary/aromatic N) is 4. The van der Waals surface area contributed by atoms with E-state index in [4.69, 9.17) is 4.42 Å². The highest BCUT2D eigenvalue weighted by Gasteiger charge is 2.10. The SMILES string of the molecule is CC(Nc1nnnn1C)c1ccco1. The maximum atomic E-state index is 5.24. The van der Waals surface area contributed by atoms with Crippen LogP contribution in [0, 0.1) is 0 Å². The topological polar surface area (TPSA) is 68.8 Å². The number of tetrazole rings is 1. The van der Waals surface area contributed by atoms with Crippen LogP contribution in [0.5, 0.6) is 0 Å². The van der Waals surface area contributed by atoms with Gasteiger partial charge in [0.05, 0.1) is 12.3 Å². The van der Waals surface area contributed by atoms with E-state index in [0.29, 0.717) is 5.95 Å². The molecule has 0 aliphatic heterocycles. The lowest BCUT2D eigenvalue weighted by Gasteiger charge is -2.09. The van der Waals surface area contributed by atoms with Crippen LogP contribution in [0.15, 0.2) is 22.8 Å². The van der Waals surface area contributed by atoms with Gasteiger partial charge in [0.1, 0.15) is 5.76 Å². The van der Waals surface area contributed by atoms with Crippen LogP contribution in [0.2, 0.25) is 0 Å². The summed E-state index contributed by atoms with van der Waals surface area (Å²) in [7, 11) is 1.77. The Morgan fingerprint density at radius 3 is 3.00 bits per heavy atom. The zero-order valence-electron chi connectivity index (χ0n) is 8.01. The molecule has 2 heterocycles. The molecule has 0 amide bonds. The van der Waals surface area contributed by atoms with Crippen LogP contribution in [0.3, 0.4) is 0 Å². The number of hydrogen-bond acceptors (Lipinski definition) is 5. The predicted molar refractivity (Wildman–Crippen MR) is 49.5 cm³/mol. The maximum absolute atomic E-state index is 5.24. The summed E-state index contributed by atoms with van der Waals surface area (Å²) in [6.07, 6.45) is 1.64. The van der Waals surface area contributed by atoms with Gasteiger partial charge in [0.15, 0.2) is 0 Å². The lowest BCUT2D eigenvalue weighted by Crippen LogP contribution is -2.10. The molecule has 0 bridgehead atoms. The fourth-order valence-corrected chi connectivity index (χ4v) is 1.15. The number of rotatable bonds is 3. The summed E-state index contributed by atoms with van der Waals surface area (Å²) >= 11 is 0. The molecule has 1 atom stereocenters. The molecule has 6 nitrogen and oxygen atoms in total. The van der Waals surface area contributed by atoms with Crippen molar-refractivity contribution in [3.05, 3.63) is 24.2 Å². The molecule has 0 aromatic carbocycles. The van der Waals surface area contributed by atoms with Gasteiger partial charge in [-0.3, -0.25) is 0 Å². The molecule has 74 valence electrons. The zero-order valence-corrected chi connectivity index (χ0v) is 8.01. The third-order valence-electron chi connectivity index (χ3n) is 1.94. The molecular formula is C8H11N5O. The number of anilines is 1. The molecule has 0 fully saturated rings. The number of aromatic nitrogens is 4. The van der Waals surface area contributed by atoms with E-state index in [1.54, 1.807) is 18.0 Å². The number of hydrogen-bond donors (Lipinski definition) is 1. The number of nitrogens with one attached hydrogen (secondary N) is 1. The van der Waals surface area contributed by atoms with Crippen molar-refractivity contribution in [1.82, 2.24) is 20.2 Å². The first-order chi connectivity index (χ1) is 6.77. The Morgan fingerprint density at radius 1 is 1.57 bits per heavy atom. The van der Waals surface area contributed by atoms with Gasteiger partial charge >= 0.3 is 0 Å². The molecule has 6 heteroatoms. The second-order valence-corrected chi connectivity index (χ2v) is 3.01. The molecule has 0 saturated carbocycles. The second kappa shape index (κ2) is 3.49. The standard InChI is InChI=1S/C8H11N5O/c1-6(7-4-3-5-14-7)9-8-10-11-12-13(8)2/h3-6H,1-2H3,(H,9,10,12). The second-order valence-electron chi connectivity index (χ2n) is 3.01. The Morgan fingerprint density at radius 2 is 2.43 bits per heavy atom. The summed E-state index contributed by atoms with van der Waals surface area (Å²) in [4.78, 5) is 0. The molecule has 2 aromatic heterocycles. The largest absolute Gasteiger partial charge is 0.467 e. The van der Waals surface area contributed by atoms with Gasteiger partial charge in [0.2, 0.25) is 5.95 Å². The van der Waals surface area contributed by atoms with Gasteiger partial charge in [0, 0.05) is 7.05 Å². The Balaban J connectivity index is 2.09. The highest BCUT2D eigenvalue weighted by atomic mass is 16.3. The number of furan rings is 1. The van der Waals surface area contributed by atoms with E-state index in [0.717, 1.165) is 5.76 Å². The summed E-state index contributed by atoms with van der Waals surface area (Å²) in [6, 6.07) is 3.80. The van der Waals surface area contributed by atoms with Crippen LogP contribution < -0.4 is 5.32 Å². The highest BCUT2D eigenvalue weighted by Crippen LogP contribution is 2.16. The van der Waals surface area contributed by atoms with Crippen molar-refractivity contribution in [3.8, 4) is 0 Å². The maximum Gasteiger partial charge on any atom is 0.243 e. The van der Waals surface area contributed by atoms with Crippen molar-refractivity contribution in [2.75, 3.05) is 5.32 Å². The minimum absolute atomic E-state index is 0.0506. The molecule has 0 spiro atoms. The average molecular weight is 193 g/mol. The zero-order chi connectivity index (χ0) is 9.97. The molecular weight excluding hydrogens is 182 g/mol. The van der Waals surface area contributed by atoms with Crippen LogP contribution in [-0.4, -0.2) is 20.2 Å². The first-order valence-electron chi connectivity index (χ1n) is 4.29. The summed E-state index contributed by atoms with van der Waals surface area (Å²) in [6.45, 7) is 1.98. The monoisotopic (exact) mass is 193 g/mol. The van der Waals surface area contributed by atoms with Crippen LogP contribution in [-0.2, 0) is 7.05 Å². The van der Waals surface area contributed by atoms with Gasteiger partial charge in [-0.2, -0.15) is 0 Å². The molecule has 0 aliphatic rings. The minimum atomic E-state index is 0.0506. The van der Waals surface area contributed by atoms with Crippen molar-refractivity contribution in [2.24, 2.45) is 7.05 Å². The Labute approximate surface area is 80.9 Å². The molecule has 0 radical (unpaired) electrons. The van der Waals surface area contributed by atoms with E-state index in [2.05, 4.69) is 20.8 Å². The van der Waals surface area contributed by atoms with Crippen LogP contribution in [0.4, 0.5) is 5.95 Å². The highest BCUT2D eigenvalue weighted by molar-refractivity contribution is 5.25. The van der Waals surface area contributed by atoms with Gasteiger partial charge in [0.25, 0.3) is 0 Å². The first-order valence-corrected chi connectivity index (χ1v) is 4.29. The fourth-order valence-electron chi connectivity index (χ4n) is 1.15. The Bertz CT molecular complexity index is 394. The van der Waals surface area contributed by atoms with Gasteiger partial charge < -0.3 is 9.73 Å². The summed E-state index contributed by atoms with van der Waals surface area (Å²) in [5.41, 5.74) is 0. The quantitative estimate of drug-likeness (QED) is 0.786. The van der Waals surface area contributed by atoms with E-state index in [1.165, 1.54) is 0 Å². The van der Waals surface area contributed by atoms with Crippen LogP contribution in [0.25, 0.3) is 0 Å². The van der Waals surface area contributed by atoms with Crippen molar-refractivity contribution in [3.63, 3.8) is 0 Å². The lowest BCUT2D eigenvalue weighted by atomic mass is 10.2. The molecule has 1 N–H and O–H groups in total. The van der Waals surface area contributed by atoms with Gasteiger partial charge in [-0.1, -0.05) is 5.10 Å². The Kier molecular flexibility index (Phi) is 2.18. The van der Waals surface area contributed by atoms with E-state index >= 15 is 0 Å². The molecule has 0 saturated heterocycles. The lowest BCUT2D eigenvalue weighted by molar-refractivity contribution is 0.488. The third-order valence-corrected chi connectivity index (χ3v) is 1.94. The van der Waals surface area contributed by atoms with Crippen molar-refractivity contribution in [2.45, 2.75) is 13.0 Å². The first kappa shape index (κ1) is 8.74. The molecule has 2 aromatic rings. The summed E-state index contributed by atoms with van der Waals surface area (Å²) < 4.78 is 6.81. The van der Waals surface area contributed by atoms with Crippen LogP contribution >= 0.6 is 0 Å².